The monoisotopic (exact) mass is 432 g/mol. The maximum absolute atomic E-state index is 12.5. The van der Waals surface area contributed by atoms with E-state index in [4.69, 9.17) is 9.47 Å². The first kappa shape index (κ1) is 21.8. The summed E-state index contributed by atoms with van der Waals surface area (Å²) in [5.41, 5.74) is 0.722. The molecule has 1 aliphatic rings. The third-order valence-electron chi connectivity index (χ3n) is 4.58. The Kier molecular flexibility index (Phi) is 7.07. The van der Waals surface area contributed by atoms with E-state index in [0.717, 1.165) is 12.8 Å². The third-order valence-corrected chi connectivity index (χ3v) is 6.49. The zero-order valence-corrected chi connectivity index (χ0v) is 17.5. The van der Waals surface area contributed by atoms with Crippen LogP contribution in [0.25, 0.3) is 0 Å². The molecule has 1 saturated heterocycles. The minimum Gasteiger partial charge on any atom is -0.494 e. The molecule has 0 atom stereocenters. The average molecular weight is 432 g/mol. The van der Waals surface area contributed by atoms with Gasteiger partial charge in [0.2, 0.25) is 10.0 Å². The van der Waals surface area contributed by atoms with Crippen LogP contribution in [0, 0.1) is 0 Å². The Labute approximate surface area is 175 Å². The Morgan fingerprint density at radius 2 is 1.63 bits per heavy atom. The molecule has 1 N–H and O–H groups in total. The summed E-state index contributed by atoms with van der Waals surface area (Å²) in [6, 6.07) is 12.3. The Balaban J connectivity index is 1.51. The smallest absolute Gasteiger partial charge is 0.338 e. The Bertz CT molecular complexity index is 981. The number of ether oxygens (including phenoxy) is 2. The first-order valence-corrected chi connectivity index (χ1v) is 11.1. The molecule has 0 radical (unpaired) electrons. The Hall–Kier alpha value is -2.91. The van der Waals surface area contributed by atoms with Crippen LogP contribution in [0.2, 0.25) is 0 Å². The highest BCUT2D eigenvalue weighted by atomic mass is 32.2. The zero-order valence-electron chi connectivity index (χ0n) is 16.7. The van der Waals surface area contributed by atoms with Crippen LogP contribution in [0.1, 0.15) is 30.1 Å². The fourth-order valence-corrected chi connectivity index (χ4v) is 4.57. The molecule has 0 spiro atoms. The molecule has 2 aromatic rings. The van der Waals surface area contributed by atoms with Crippen molar-refractivity contribution in [3.05, 3.63) is 54.1 Å². The molecule has 160 valence electrons. The minimum atomic E-state index is -3.50. The number of sulfonamides is 1. The number of nitrogens with zero attached hydrogens (tertiary/aromatic N) is 1. The van der Waals surface area contributed by atoms with Crippen LogP contribution >= 0.6 is 0 Å². The molecule has 1 aliphatic heterocycles. The molecule has 1 heterocycles. The average Bonchev–Trinajstić information content (AvgIpc) is 3.29. The molecule has 0 bridgehead atoms. The van der Waals surface area contributed by atoms with Crippen molar-refractivity contribution >= 4 is 27.6 Å². The molecule has 1 fully saturated rings. The summed E-state index contributed by atoms with van der Waals surface area (Å²) < 4.78 is 36.8. The van der Waals surface area contributed by atoms with E-state index in [1.165, 1.54) is 28.6 Å². The van der Waals surface area contributed by atoms with Crippen molar-refractivity contribution in [3.63, 3.8) is 0 Å². The lowest BCUT2D eigenvalue weighted by Gasteiger charge is -2.15. The van der Waals surface area contributed by atoms with E-state index >= 15 is 0 Å². The Morgan fingerprint density at radius 1 is 1.00 bits per heavy atom. The second-order valence-electron chi connectivity index (χ2n) is 6.72. The van der Waals surface area contributed by atoms with E-state index in [-0.39, 0.29) is 4.90 Å². The van der Waals surface area contributed by atoms with Crippen LogP contribution in [0.5, 0.6) is 5.75 Å². The molecular weight excluding hydrogens is 408 g/mol. The highest BCUT2D eigenvalue weighted by Gasteiger charge is 2.26. The van der Waals surface area contributed by atoms with Gasteiger partial charge in [0, 0.05) is 18.8 Å². The number of esters is 1. The van der Waals surface area contributed by atoms with E-state index < -0.39 is 28.5 Å². The van der Waals surface area contributed by atoms with Gasteiger partial charge in [-0.1, -0.05) is 0 Å². The molecule has 0 aliphatic carbocycles. The maximum atomic E-state index is 12.5. The third kappa shape index (κ3) is 5.37. The van der Waals surface area contributed by atoms with Gasteiger partial charge in [-0.3, -0.25) is 4.79 Å². The molecule has 3 rings (SSSR count). The fourth-order valence-electron chi connectivity index (χ4n) is 3.05. The molecular formula is C21H24N2O6S. The first-order chi connectivity index (χ1) is 14.4. The van der Waals surface area contributed by atoms with Gasteiger partial charge in [-0.25, -0.2) is 13.2 Å². The van der Waals surface area contributed by atoms with Gasteiger partial charge in [0.05, 0.1) is 17.1 Å². The molecule has 30 heavy (non-hydrogen) atoms. The van der Waals surface area contributed by atoms with E-state index in [1.807, 2.05) is 6.92 Å². The van der Waals surface area contributed by atoms with Crippen molar-refractivity contribution in [1.29, 1.82) is 0 Å². The number of hydrogen-bond donors (Lipinski definition) is 1. The Morgan fingerprint density at radius 3 is 2.23 bits per heavy atom. The van der Waals surface area contributed by atoms with E-state index in [1.54, 1.807) is 24.3 Å². The quantitative estimate of drug-likeness (QED) is 0.644. The molecule has 2 aromatic carbocycles. The number of hydrogen-bond acceptors (Lipinski definition) is 6. The lowest BCUT2D eigenvalue weighted by molar-refractivity contribution is -0.119. The second-order valence-corrected chi connectivity index (χ2v) is 8.66. The van der Waals surface area contributed by atoms with Crippen LogP contribution in [0.3, 0.4) is 0 Å². The van der Waals surface area contributed by atoms with Crippen molar-refractivity contribution < 1.29 is 27.5 Å². The SMILES string of the molecule is CCOc1ccc(C(=O)OCC(=O)Nc2ccc(S(=O)(=O)N3CCCC3)cc2)cc1. The lowest BCUT2D eigenvalue weighted by atomic mass is 10.2. The second kappa shape index (κ2) is 9.73. The molecule has 1 amide bonds. The van der Waals surface area contributed by atoms with Gasteiger partial charge >= 0.3 is 5.97 Å². The molecule has 0 unspecified atom stereocenters. The number of benzene rings is 2. The lowest BCUT2D eigenvalue weighted by Crippen LogP contribution is -2.27. The van der Waals surface area contributed by atoms with Gasteiger partial charge in [-0.15, -0.1) is 0 Å². The number of carbonyl (C=O) groups excluding carboxylic acids is 2. The van der Waals surface area contributed by atoms with Crippen molar-refractivity contribution in [2.24, 2.45) is 0 Å². The zero-order chi connectivity index (χ0) is 21.6. The largest absolute Gasteiger partial charge is 0.494 e. The minimum absolute atomic E-state index is 0.185. The number of anilines is 1. The van der Waals surface area contributed by atoms with E-state index in [0.29, 0.717) is 36.7 Å². The van der Waals surface area contributed by atoms with Crippen molar-refractivity contribution in [2.75, 3.05) is 31.6 Å². The van der Waals surface area contributed by atoms with Crippen LogP contribution in [0.4, 0.5) is 5.69 Å². The van der Waals surface area contributed by atoms with E-state index in [2.05, 4.69) is 5.32 Å². The number of nitrogens with one attached hydrogen (secondary N) is 1. The van der Waals surface area contributed by atoms with Crippen molar-refractivity contribution in [2.45, 2.75) is 24.7 Å². The van der Waals surface area contributed by atoms with Crippen molar-refractivity contribution in [1.82, 2.24) is 4.31 Å². The summed E-state index contributed by atoms with van der Waals surface area (Å²) >= 11 is 0. The maximum Gasteiger partial charge on any atom is 0.338 e. The summed E-state index contributed by atoms with van der Waals surface area (Å²) in [5.74, 6) is -0.508. The first-order valence-electron chi connectivity index (χ1n) is 9.70. The number of carbonyl (C=O) groups is 2. The number of amides is 1. The summed E-state index contributed by atoms with van der Waals surface area (Å²) in [5, 5.41) is 2.58. The van der Waals surface area contributed by atoms with Crippen LogP contribution < -0.4 is 10.1 Å². The molecule has 0 saturated carbocycles. The molecule has 0 aromatic heterocycles. The van der Waals surface area contributed by atoms with Gasteiger partial charge in [0.1, 0.15) is 5.75 Å². The number of rotatable bonds is 8. The fraction of sp³-hybridized carbons (Fsp3) is 0.333. The predicted molar refractivity (Wildman–Crippen MR) is 111 cm³/mol. The normalized spacial score (nSPS) is 14.3. The van der Waals surface area contributed by atoms with Gasteiger partial charge in [-0.2, -0.15) is 4.31 Å². The molecule has 8 nitrogen and oxygen atoms in total. The van der Waals surface area contributed by atoms with Gasteiger partial charge in [0.15, 0.2) is 6.61 Å². The summed E-state index contributed by atoms with van der Waals surface area (Å²) in [4.78, 5) is 24.3. The molecule has 9 heteroatoms. The van der Waals surface area contributed by atoms with Gasteiger partial charge in [-0.05, 0) is 68.3 Å². The summed E-state index contributed by atoms with van der Waals surface area (Å²) in [7, 11) is -3.50. The van der Waals surface area contributed by atoms with Gasteiger partial charge in [0.25, 0.3) is 5.91 Å². The summed E-state index contributed by atoms with van der Waals surface area (Å²) in [6.07, 6.45) is 1.73. The summed E-state index contributed by atoms with van der Waals surface area (Å²) in [6.45, 7) is 2.98. The van der Waals surface area contributed by atoms with Crippen LogP contribution in [-0.4, -0.2) is 50.9 Å². The van der Waals surface area contributed by atoms with E-state index in [9.17, 15) is 18.0 Å². The van der Waals surface area contributed by atoms with Gasteiger partial charge < -0.3 is 14.8 Å². The standard InChI is InChI=1S/C21H24N2O6S/c1-2-28-18-9-5-16(6-10-18)21(25)29-15-20(24)22-17-7-11-19(12-8-17)30(26,27)23-13-3-4-14-23/h5-12H,2-4,13-15H2,1H3,(H,22,24). The highest BCUT2D eigenvalue weighted by Crippen LogP contribution is 2.22. The highest BCUT2D eigenvalue weighted by molar-refractivity contribution is 7.89. The van der Waals surface area contributed by atoms with Crippen molar-refractivity contribution in [3.8, 4) is 5.75 Å². The topological polar surface area (TPSA) is 102 Å². The van der Waals surface area contributed by atoms with Crippen LogP contribution in [0.15, 0.2) is 53.4 Å². The predicted octanol–water partition coefficient (Wildman–Crippen LogP) is 2.67. The van der Waals surface area contributed by atoms with Crippen LogP contribution in [-0.2, 0) is 19.6 Å².